The van der Waals surface area contributed by atoms with E-state index >= 15 is 0 Å². The highest BCUT2D eigenvalue weighted by molar-refractivity contribution is 7.14. The Labute approximate surface area is 127 Å². The molecule has 0 aliphatic heterocycles. The molecule has 0 atom stereocenters. The lowest BCUT2D eigenvalue weighted by Crippen LogP contribution is -2.09. The fourth-order valence-corrected chi connectivity index (χ4v) is 2.93. The average Bonchev–Trinajstić information content (AvgIpc) is 3.10. The van der Waals surface area contributed by atoms with E-state index in [4.69, 9.17) is 4.74 Å². The summed E-state index contributed by atoms with van der Waals surface area (Å²) in [6, 6.07) is 1.71. The zero-order chi connectivity index (χ0) is 15.4. The van der Waals surface area contributed by atoms with E-state index in [2.05, 4.69) is 11.9 Å². The molecule has 0 radical (unpaired) electrons. The summed E-state index contributed by atoms with van der Waals surface area (Å²) in [7, 11) is 1.35. The minimum atomic E-state index is -0.390. The molecule has 112 valence electrons. The maximum absolute atomic E-state index is 11.7. The Kier molecular flexibility index (Phi) is 4.90. The first-order valence-corrected chi connectivity index (χ1v) is 7.71. The van der Waals surface area contributed by atoms with Crippen molar-refractivity contribution in [1.82, 2.24) is 9.55 Å². The van der Waals surface area contributed by atoms with Crippen molar-refractivity contribution < 1.29 is 14.3 Å². The van der Waals surface area contributed by atoms with E-state index < -0.39 is 5.97 Å². The van der Waals surface area contributed by atoms with Gasteiger partial charge in [-0.15, -0.1) is 11.3 Å². The summed E-state index contributed by atoms with van der Waals surface area (Å²) in [5, 5.41) is 1.82. The van der Waals surface area contributed by atoms with Crippen LogP contribution < -0.4 is 0 Å². The quantitative estimate of drug-likeness (QED) is 0.794. The summed E-state index contributed by atoms with van der Waals surface area (Å²) in [5.74, 6) is 0.276. The second-order valence-corrected chi connectivity index (χ2v) is 5.61. The summed E-state index contributed by atoms with van der Waals surface area (Å²) >= 11 is 1.42. The second-order valence-electron chi connectivity index (χ2n) is 4.69. The Bertz CT molecular complexity index is 658. The van der Waals surface area contributed by atoms with Gasteiger partial charge in [0.2, 0.25) is 5.91 Å². The van der Waals surface area contributed by atoms with Gasteiger partial charge in [0.25, 0.3) is 0 Å². The smallest absolute Gasteiger partial charge is 0.339 e. The first kappa shape index (κ1) is 15.4. The lowest BCUT2D eigenvalue weighted by molar-refractivity contribution is 0.0602. The number of methoxy groups -OCH3 is 1. The Morgan fingerprint density at radius 1 is 1.43 bits per heavy atom. The number of esters is 1. The first-order chi connectivity index (χ1) is 10.1. The number of aryl methyl sites for hydroxylation is 1. The molecule has 2 aromatic heterocycles. The van der Waals surface area contributed by atoms with Gasteiger partial charge in [0.05, 0.1) is 23.2 Å². The maximum Gasteiger partial charge on any atom is 0.339 e. The Hall–Kier alpha value is -1.95. The lowest BCUT2D eigenvalue weighted by atomic mass is 10.2. The van der Waals surface area contributed by atoms with Gasteiger partial charge in [0.1, 0.15) is 5.82 Å². The summed E-state index contributed by atoms with van der Waals surface area (Å²) in [4.78, 5) is 28.7. The standard InChI is InChI=1S/C15H18N2O3S/c1-4-5-6-13-16-12(9-17(13)10(2)18)14-11(7-8-21-14)15(19)20-3/h7-9H,4-6H2,1-3H3. The van der Waals surface area contributed by atoms with Crippen molar-refractivity contribution >= 4 is 23.2 Å². The second kappa shape index (κ2) is 6.67. The molecule has 6 heteroatoms. The Balaban J connectivity index is 2.43. The fourth-order valence-electron chi connectivity index (χ4n) is 2.09. The number of carbonyl (C=O) groups is 2. The van der Waals surface area contributed by atoms with Crippen molar-refractivity contribution in [3.8, 4) is 10.6 Å². The van der Waals surface area contributed by atoms with Gasteiger partial charge in [0.15, 0.2) is 0 Å². The van der Waals surface area contributed by atoms with E-state index in [0.29, 0.717) is 11.3 Å². The largest absolute Gasteiger partial charge is 0.465 e. The molecule has 0 amide bonds. The highest BCUT2D eigenvalue weighted by Gasteiger charge is 2.19. The van der Waals surface area contributed by atoms with Crippen molar-refractivity contribution in [2.24, 2.45) is 0 Å². The number of aromatic nitrogens is 2. The monoisotopic (exact) mass is 306 g/mol. The Morgan fingerprint density at radius 3 is 2.81 bits per heavy atom. The molecule has 0 saturated carbocycles. The van der Waals surface area contributed by atoms with Gasteiger partial charge in [-0.05, 0) is 17.9 Å². The number of ether oxygens (including phenoxy) is 1. The van der Waals surface area contributed by atoms with Crippen molar-refractivity contribution in [3.63, 3.8) is 0 Å². The molecule has 2 aromatic rings. The topological polar surface area (TPSA) is 61.2 Å². The number of carbonyl (C=O) groups excluding carboxylic acids is 2. The van der Waals surface area contributed by atoms with Gasteiger partial charge in [-0.2, -0.15) is 0 Å². The fraction of sp³-hybridized carbons (Fsp3) is 0.400. The van der Waals surface area contributed by atoms with E-state index in [1.807, 2.05) is 5.38 Å². The van der Waals surface area contributed by atoms with E-state index in [0.717, 1.165) is 30.0 Å². The molecule has 0 spiro atoms. The van der Waals surface area contributed by atoms with Gasteiger partial charge in [-0.1, -0.05) is 13.3 Å². The summed E-state index contributed by atoms with van der Waals surface area (Å²) in [6.45, 7) is 3.60. The third-order valence-electron chi connectivity index (χ3n) is 3.18. The van der Waals surface area contributed by atoms with Crippen molar-refractivity contribution in [2.75, 3.05) is 7.11 Å². The van der Waals surface area contributed by atoms with Crippen molar-refractivity contribution in [1.29, 1.82) is 0 Å². The molecule has 2 heterocycles. The van der Waals surface area contributed by atoms with Gasteiger partial charge < -0.3 is 4.74 Å². The lowest BCUT2D eigenvalue weighted by Gasteiger charge is -2.01. The molecule has 5 nitrogen and oxygen atoms in total. The number of hydrogen-bond acceptors (Lipinski definition) is 5. The van der Waals surface area contributed by atoms with Crippen LogP contribution in [0.1, 0.15) is 47.7 Å². The molecule has 0 N–H and O–H groups in total. The highest BCUT2D eigenvalue weighted by atomic mass is 32.1. The summed E-state index contributed by atoms with van der Waals surface area (Å²) < 4.78 is 6.33. The number of nitrogens with zero attached hydrogens (tertiary/aromatic N) is 2. The third-order valence-corrected chi connectivity index (χ3v) is 4.11. The number of thiophene rings is 1. The third kappa shape index (κ3) is 3.21. The normalized spacial score (nSPS) is 10.6. The molecule has 0 unspecified atom stereocenters. The van der Waals surface area contributed by atoms with Crippen LogP contribution in [0.2, 0.25) is 0 Å². The first-order valence-electron chi connectivity index (χ1n) is 6.83. The van der Waals surface area contributed by atoms with E-state index in [9.17, 15) is 9.59 Å². The van der Waals surface area contributed by atoms with Gasteiger partial charge in [0, 0.05) is 19.5 Å². The number of unbranched alkanes of at least 4 members (excludes halogenated alkanes) is 1. The van der Waals surface area contributed by atoms with Crippen LogP contribution in [0.15, 0.2) is 17.6 Å². The van der Waals surface area contributed by atoms with Crippen molar-refractivity contribution in [2.45, 2.75) is 33.1 Å². The zero-order valence-corrected chi connectivity index (χ0v) is 13.2. The van der Waals surface area contributed by atoms with Crippen LogP contribution in [0.5, 0.6) is 0 Å². The van der Waals surface area contributed by atoms with Crippen LogP contribution in [0.4, 0.5) is 0 Å². The van der Waals surface area contributed by atoms with E-state index in [1.54, 1.807) is 16.8 Å². The number of hydrogen-bond donors (Lipinski definition) is 0. The minimum Gasteiger partial charge on any atom is -0.465 e. The molecule has 0 aliphatic carbocycles. The molecule has 21 heavy (non-hydrogen) atoms. The molecule has 0 fully saturated rings. The summed E-state index contributed by atoms with van der Waals surface area (Å²) in [5.41, 5.74) is 1.13. The molecule has 2 rings (SSSR count). The number of imidazole rings is 1. The van der Waals surface area contributed by atoms with Crippen LogP contribution in [-0.2, 0) is 11.2 Å². The van der Waals surface area contributed by atoms with E-state index in [1.165, 1.54) is 25.4 Å². The zero-order valence-electron chi connectivity index (χ0n) is 12.4. The maximum atomic E-state index is 11.7. The van der Waals surface area contributed by atoms with Crippen molar-refractivity contribution in [3.05, 3.63) is 29.0 Å². The van der Waals surface area contributed by atoms with Crippen LogP contribution in [0.3, 0.4) is 0 Å². The highest BCUT2D eigenvalue weighted by Crippen LogP contribution is 2.29. The summed E-state index contributed by atoms with van der Waals surface area (Å²) in [6.07, 6.45) is 4.45. The molecular formula is C15H18N2O3S. The molecule has 0 saturated heterocycles. The SMILES string of the molecule is CCCCc1nc(-c2sccc2C(=O)OC)cn1C(C)=O. The molecular weight excluding hydrogens is 288 g/mol. The average molecular weight is 306 g/mol. The molecule has 0 aromatic carbocycles. The molecule has 0 bridgehead atoms. The number of rotatable bonds is 5. The van der Waals surface area contributed by atoms with Crippen LogP contribution in [0.25, 0.3) is 10.6 Å². The van der Waals surface area contributed by atoms with Gasteiger partial charge >= 0.3 is 5.97 Å². The predicted octanol–water partition coefficient (Wildman–Crippen LogP) is 3.40. The van der Waals surface area contributed by atoms with E-state index in [-0.39, 0.29) is 5.91 Å². The molecule has 0 aliphatic rings. The predicted molar refractivity (Wildman–Crippen MR) is 81.8 cm³/mol. The van der Waals surface area contributed by atoms with Gasteiger partial charge in [-0.25, -0.2) is 9.78 Å². The van der Waals surface area contributed by atoms with Crippen LogP contribution >= 0.6 is 11.3 Å². The van der Waals surface area contributed by atoms with Crippen LogP contribution in [0, 0.1) is 0 Å². The Morgan fingerprint density at radius 2 is 2.19 bits per heavy atom. The van der Waals surface area contributed by atoms with Gasteiger partial charge in [-0.3, -0.25) is 9.36 Å². The minimum absolute atomic E-state index is 0.0731. The van der Waals surface area contributed by atoms with Crippen LogP contribution in [-0.4, -0.2) is 28.5 Å².